The van der Waals surface area contributed by atoms with Crippen LogP contribution in [0.5, 0.6) is 0 Å². The van der Waals surface area contributed by atoms with Gasteiger partial charge in [0.1, 0.15) is 5.82 Å². The van der Waals surface area contributed by atoms with Gasteiger partial charge in [0.2, 0.25) is 5.91 Å². The minimum absolute atomic E-state index is 0.119. The van der Waals surface area contributed by atoms with Crippen molar-refractivity contribution in [2.24, 2.45) is 0 Å². The largest absolute Gasteiger partial charge is 0.347 e. The van der Waals surface area contributed by atoms with Gasteiger partial charge in [-0.1, -0.05) is 38.3 Å². The number of nitrogens with one attached hydrogen (secondary N) is 1. The molecule has 2 nitrogen and oxygen atoms in total. The molecule has 2 rings (SSSR count). The van der Waals surface area contributed by atoms with Gasteiger partial charge >= 0.3 is 0 Å². The van der Waals surface area contributed by atoms with Crippen LogP contribution in [0.1, 0.15) is 57.4 Å². The van der Waals surface area contributed by atoms with Gasteiger partial charge in [-0.15, -0.1) is 0 Å². The number of amides is 1. The highest BCUT2D eigenvalue weighted by atomic mass is 19.1. The average molecular weight is 263 g/mol. The van der Waals surface area contributed by atoms with Crippen LogP contribution in [-0.4, -0.2) is 5.91 Å². The van der Waals surface area contributed by atoms with Crippen LogP contribution in [0, 0.1) is 5.82 Å². The van der Waals surface area contributed by atoms with Gasteiger partial charge in [-0.05, 0) is 37.0 Å². The third kappa shape index (κ3) is 3.34. The molecule has 0 aliphatic heterocycles. The zero-order chi connectivity index (χ0) is 13.7. The minimum Gasteiger partial charge on any atom is -0.347 e. The van der Waals surface area contributed by atoms with Gasteiger partial charge in [0, 0.05) is 6.42 Å². The van der Waals surface area contributed by atoms with Gasteiger partial charge in [0.05, 0.1) is 5.54 Å². The summed E-state index contributed by atoms with van der Waals surface area (Å²) < 4.78 is 13.0. The van der Waals surface area contributed by atoms with E-state index in [4.69, 9.17) is 0 Å². The smallest absolute Gasteiger partial charge is 0.220 e. The van der Waals surface area contributed by atoms with Crippen molar-refractivity contribution < 1.29 is 9.18 Å². The summed E-state index contributed by atoms with van der Waals surface area (Å²) in [5.74, 6) is -0.109. The lowest BCUT2D eigenvalue weighted by molar-refractivity contribution is -0.123. The maximum atomic E-state index is 13.0. The van der Waals surface area contributed by atoms with Crippen LogP contribution in [0.4, 0.5) is 4.39 Å². The first kappa shape index (κ1) is 14.0. The molecule has 0 heterocycles. The Labute approximate surface area is 114 Å². The third-order valence-electron chi connectivity index (χ3n) is 3.99. The molecule has 0 spiro atoms. The fraction of sp³-hybridized carbons (Fsp3) is 0.562. The Bertz CT molecular complexity index is 421. The predicted molar refractivity (Wildman–Crippen MR) is 74.2 cm³/mol. The maximum absolute atomic E-state index is 13.0. The first-order valence-electron chi connectivity index (χ1n) is 7.23. The standard InChI is InChI=1S/C16H22FNO/c1-2-3-6-15(19)18-16(11-4-5-12-16)13-7-9-14(17)10-8-13/h7-10H,2-6,11-12H2,1H3,(H,18,19). The van der Waals surface area contributed by atoms with Crippen molar-refractivity contribution in [3.05, 3.63) is 35.6 Å². The fourth-order valence-electron chi connectivity index (χ4n) is 2.90. The second-order valence-electron chi connectivity index (χ2n) is 5.45. The van der Waals surface area contributed by atoms with Gasteiger partial charge in [0.25, 0.3) is 0 Å². The average Bonchev–Trinajstić information content (AvgIpc) is 2.86. The fourth-order valence-corrected chi connectivity index (χ4v) is 2.90. The molecule has 0 atom stereocenters. The van der Waals surface area contributed by atoms with Crippen LogP contribution < -0.4 is 5.32 Å². The van der Waals surface area contributed by atoms with E-state index in [-0.39, 0.29) is 17.3 Å². The highest BCUT2D eigenvalue weighted by Crippen LogP contribution is 2.38. The molecule has 1 aliphatic rings. The van der Waals surface area contributed by atoms with Gasteiger partial charge in [-0.25, -0.2) is 4.39 Å². The maximum Gasteiger partial charge on any atom is 0.220 e. The zero-order valence-electron chi connectivity index (χ0n) is 11.5. The third-order valence-corrected chi connectivity index (χ3v) is 3.99. The highest BCUT2D eigenvalue weighted by Gasteiger charge is 2.36. The van der Waals surface area contributed by atoms with Crippen LogP contribution in [0.25, 0.3) is 0 Å². The monoisotopic (exact) mass is 263 g/mol. The zero-order valence-corrected chi connectivity index (χ0v) is 11.5. The SMILES string of the molecule is CCCCC(=O)NC1(c2ccc(F)cc2)CCCC1. The van der Waals surface area contributed by atoms with Gasteiger partial charge in [0.15, 0.2) is 0 Å². The molecule has 0 saturated heterocycles. The molecular weight excluding hydrogens is 241 g/mol. The highest BCUT2D eigenvalue weighted by molar-refractivity contribution is 5.77. The molecule has 1 aromatic rings. The van der Waals surface area contributed by atoms with Gasteiger partial charge in [-0.2, -0.15) is 0 Å². The van der Waals surface area contributed by atoms with E-state index in [0.717, 1.165) is 44.1 Å². The molecule has 3 heteroatoms. The summed E-state index contributed by atoms with van der Waals surface area (Å²) in [6, 6.07) is 6.57. The Kier molecular flexibility index (Phi) is 4.56. The molecule has 0 unspecified atom stereocenters. The number of halogens is 1. The Morgan fingerprint density at radius 1 is 1.26 bits per heavy atom. The van der Waals surface area contributed by atoms with E-state index in [9.17, 15) is 9.18 Å². The Hall–Kier alpha value is -1.38. The molecule has 0 bridgehead atoms. The lowest BCUT2D eigenvalue weighted by Crippen LogP contribution is -2.43. The van der Waals surface area contributed by atoms with Crippen molar-refractivity contribution in [2.45, 2.75) is 57.4 Å². The number of carbonyl (C=O) groups is 1. The number of carbonyl (C=O) groups excluding carboxylic acids is 1. The van der Waals surface area contributed by atoms with Crippen LogP contribution in [-0.2, 0) is 10.3 Å². The summed E-state index contributed by atoms with van der Waals surface area (Å²) >= 11 is 0. The molecule has 19 heavy (non-hydrogen) atoms. The molecule has 1 aliphatic carbocycles. The van der Waals surface area contributed by atoms with Crippen molar-refractivity contribution in [2.75, 3.05) is 0 Å². The van der Waals surface area contributed by atoms with Crippen molar-refractivity contribution in [1.82, 2.24) is 5.32 Å². The van der Waals surface area contributed by atoms with Crippen molar-refractivity contribution >= 4 is 5.91 Å². The first-order chi connectivity index (χ1) is 9.16. The van der Waals surface area contributed by atoms with E-state index in [1.165, 1.54) is 12.1 Å². The molecule has 1 N–H and O–H groups in total. The lowest BCUT2D eigenvalue weighted by atomic mass is 9.88. The number of hydrogen-bond donors (Lipinski definition) is 1. The van der Waals surface area contributed by atoms with Crippen LogP contribution in [0.15, 0.2) is 24.3 Å². The normalized spacial score (nSPS) is 17.4. The Balaban J connectivity index is 2.13. The number of unbranched alkanes of at least 4 members (excludes halogenated alkanes) is 1. The Morgan fingerprint density at radius 2 is 1.89 bits per heavy atom. The van der Waals surface area contributed by atoms with Crippen molar-refractivity contribution in [3.8, 4) is 0 Å². The molecule has 1 amide bonds. The molecular formula is C16H22FNO. The summed E-state index contributed by atoms with van der Waals surface area (Å²) in [5, 5.41) is 3.20. The van der Waals surface area contributed by atoms with E-state index >= 15 is 0 Å². The summed E-state index contributed by atoms with van der Waals surface area (Å²) in [6.45, 7) is 2.08. The molecule has 0 radical (unpaired) electrons. The van der Waals surface area contributed by atoms with E-state index in [1.54, 1.807) is 12.1 Å². The molecule has 1 fully saturated rings. The molecule has 0 aromatic heterocycles. The number of hydrogen-bond acceptors (Lipinski definition) is 1. The number of benzene rings is 1. The Morgan fingerprint density at radius 3 is 2.47 bits per heavy atom. The minimum atomic E-state index is -0.265. The topological polar surface area (TPSA) is 29.1 Å². The molecule has 104 valence electrons. The van der Waals surface area contributed by atoms with E-state index in [0.29, 0.717) is 6.42 Å². The summed E-state index contributed by atoms with van der Waals surface area (Å²) in [5.41, 5.74) is 0.773. The lowest BCUT2D eigenvalue weighted by Gasteiger charge is -2.31. The van der Waals surface area contributed by atoms with Crippen molar-refractivity contribution in [3.63, 3.8) is 0 Å². The first-order valence-corrected chi connectivity index (χ1v) is 7.23. The number of rotatable bonds is 5. The van der Waals surface area contributed by atoms with Gasteiger partial charge in [-0.3, -0.25) is 4.79 Å². The van der Waals surface area contributed by atoms with E-state index in [2.05, 4.69) is 12.2 Å². The second kappa shape index (κ2) is 6.18. The molecule has 1 saturated carbocycles. The summed E-state index contributed by atoms with van der Waals surface area (Å²) in [4.78, 5) is 12.0. The van der Waals surface area contributed by atoms with Crippen molar-refractivity contribution in [1.29, 1.82) is 0 Å². The second-order valence-corrected chi connectivity index (χ2v) is 5.45. The van der Waals surface area contributed by atoms with Crippen LogP contribution >= 0.6 is 0 Å². The summed E-state index contributed by atoms with van der Waals surface area (Å²) in [7, 11) is 0. The van der Waals surface area contributed by atoms with Crippen LogP contribution in [0.3, 0.4) is 0 Å². The predicted octanol–water partition coefficient (Wildman–Crippen LogP) is 3.90. The van der Waals surface area contributed by atoms with Crippen LogP contribution in [0.2, 0.25) is 0 Å². The van der Waals surface area contributed by atoms with Gasteiger partial charge < -0.3 is 5.32 Å². The van der Waals surface area contributed by atoms with E-state index < -0.39 is 0 Å². The quantitative estimate of drug-likeness (QED) is 0.857. The molecule has 1 aromatic carbocycles. The van der Waals surface area contributed by atoms with E-state index in [1.807, 2.05) is 0 Å². The summed E-state index contributed by atoms with van der Waals surface area (Å²) in [6.07, 6.45) is 6.67.